The van der Waals surface area contributed by atoms with Gasteiger partial charge >= 0.3 is 0 Å². The van der Waals surface area contributed by atoms with Gasteiger partial charge in [-0.1, -0.05) is 12.8 Å². The van der Waals surface area contributed by atoms with E-state index in [1.165, 1.54) is 29.0 Å². The third-order valence-corrected chi connectivity index (χ3v) is 4.35. The Hall–Kier alpha value is -4.53. The number of amides is 1. The summed E-state index contributed by atoms with van der Waals surface area (Å²) in [7, 11) is 0. The number of nitrogens with zero attached hydrogens (tertiary/aromatic N) is 5. The first-order valence-electron chi connectivity index (χ1n) is 10.1. The van der Waals surface area contributed by atoms with Gasteiger partial charge in [0.1, 0.15) is 12.1 Å². The summed E-state index contributed by atoms with van der Waals surface area (Å²) >= 11 is 0. The number of aromatic nitrogens is 5. The Kier molecular flexibility index (Phi) is 6.63. The largest absolute Gasteiger partial charge is 0.434 e. The molecule has 0 atom stereocenters. The van der Waals surface area contributed by atoms with Crippen LogP contribution in [-0.4, -0.2) is 36.7 Å². The molecule has 1 amide bonds. The number of carbonyl (C=O) groups is 1. The normalized spacial score (nSPS) is 10.7. The van der Waals surface area contributed by atoms with Crippen LogP contribution in [0, 0.1) is 17.7 Å². The molecule has 0 fully saturated rings. The molecule has 0 bridgehead atoms. The number of alkyl halides is 2. The Labute approximate surface area is 191 Å². The van der Waals surface area contributed by atoms with E-state index in [0.717, 1.165) is 10.7 Å². The number of anilines is 3. The minimum absolute atomic E-state index is 0.0237. The van der Waals surface area contributed by atoms with Crippen molar-refractivity contribution in [2.45, 2.75) is 26.3 Å². The summed E-state index contributed by atoms with van der Waals surface area (Å²) < 4.78 is 47.8. The first-order chi connectivity index (χ1) is 16.4. The molecule has 2 N–H and O–H groups in total. The summed E-state index contributed by atoms with van der Waals surface area (Å²) in [6, 6.07) is 7.20. The number of carbonyl (C=O) groups excluding carboxylic acids is 1. The Morgan fingerprint density at radius 2 is 2.12 bits per heavy atom. The van der Waals surface area contributed by atoms with Gasteiger partial charge in [0.2, 0.25) is 11.8 Å². The summed E-state index contributed by atoms with van der Waals surface area (Å²) in [4.78, 5) is 16.1. The minimum Gasteiger partial charge on any atom is -0.434 e. The molecule has 0 unspecified atom stereocenters. The number of halogens is 3. The van der Waals surface area contributed by atoms with Crippen LogP contribution in [0.25, 0.3) is 5.52 Å². The van der Waals surface area contributed by atoms with Crippen molar-refractivity contribution in [2.75, 3.05) is 10.6 Å². The van der Waals surface area contributed by atoms with Crippen molar-refractivity contribution < 1.29 is 22.7 Å². The van der Waals surface area contributed by atoms with Gasteiger partial charge in [0.05, 0.1) is 11.9 Å². The van der Waals surface area contributed by atoms with E-state index in [0.29, 0.717) is 17.6 Å². The number of ether oxygens (including phenoxy) is 1. The maximum Gasteiger partial charge on any atom is 0.300 e. The van der Waals surface area contributed by atoms with Gasteiger partial charge in [0, 0.05) is 30.6 Å². The molecular formula is C22H18F3N7O2. The van der Waals surface area contributed by atoms with Gasteiger partial charge in [-0.3, -0.25) is 9.48 Å². The van der Waals surface area contributed by atoms with Crippen LogP contribution < -0.4 is 15.4 Å². The molecule has 1 aromatic carbocycles. The van der Waals surface area contributed by atoms with Crippen LogP contribution in [-0.2, 0) is 11.3 Å². The fourth-order valence-corrected chi connectivity index (χ4v) is 2.93. The minimum atomic E-state index is -2.55. The van der Waals surface area contributed by atoms with E-state index in [4.69, 9.17) is 4.74 Å². The highest BCUT2D eigenvalue weighted by molar-refractivity contribution is 6.04. The average molecular weight is 469 g/mol. The number of nitrogens with one attached hydrogen (secondary N) is 2. The zero-order chi connectivity index (χ0) is 24.1. The monoisotopic (exact) mass is 469 g/mol. The van der Waals surface area contributed by atoms with Crippen molar-refractivity contribution in [2.24, 2.45) is 0 Å². The second kappa shape index (κ2) is 9.95. The first kappa shape index (κ1) is 22.7. The van der Waals surface area contributed by atoms with Crippen molar-refractivity contribution in [1.29, 1.82) is 0 Å². The molecule has 12 heteroatoms. The molecule has 34 heavy (non-hydrogen) atoms. The molecule has 3 aromatic heterocycles. The third kappa shape index (κ3) is 5.44. The number of hydrogen-bond acceptors (Lipinski definition) is 6. The Morgan fingerprint density at radius 3 is 2.91 bits per heavy atom. The molecule has 0 aliphatic rings. The Balaban J connectivity index is 1.60. The van der Waals surface area contributed by atoms with Crippen molar-refractivity contribution >= 4 is 28.7 Å². The maximum atomic E-state index is 14.5. The number of rotatable bonds is 7. The maximum absolute atomic E-state index is 14.5. The van der Waals surface area contributed by atoms with Gasteiger partial charge in [-0.15, -0.1) is 5.10 Å². The number of hydrogen-bond donors (Lipinski definition) is 2. The molecule has 0 saturated heterocycles. The van der Waals surface area contributed by atoms with E-state index < -0.39 is 24.7 Å². The van der Waals surface area contributed by atoms with Crippen LogP contribution in [0.1, 0.15) is 13.3 Å². The van der Waals surface area contributed by atoms with Crippen molar-refractivity contribution in [3.8, 4) is 23.5 Å². The lowest BCUT2D eigenvalue weighted by molar-refractivity contribution is -0.111. The van der Waals surface area contributed by atoms with E-state index in [1.807, 2.05) is 6.92 Å². The molecule has 0 saturated carbocycles. The SMILES string of the molecule is CCC#CC(=O)Nc1ccc(F)c(Oc2nc(Nc3cnn(CC(F)F)c3)nn3cccc23)c1. The van der Waals surface area contributed by atoms with Gasteiger partial charge < -0.3 is 15.4 Å². The van der Waals surface area contributed by atoms with E-state index in [9.17, 15) is 18.0 Å². The van der Waals surface area contributed by atoms with Crippen LogP contribution in [0.4, 0.5) is 30.5 Å². The fourth-order valence-electron chi connectivity index (χ4n) is 2.93. The molecule has 0 aliphatic carbocycles. The molecule has 0 aliphatic heterocycles. The second-order valence-corrected chi connectivity index (χ2v) is 6.90. The lowest BCUT2D eigenvalue weighted by Gasteiger charge is -2.11. The third-order valence-electron chi connectivity index (χ3n) is 4.35. The molecular weight excluding hydrogens is 451 g/mol. The molecule has 0 spiro atoms. The Bertz CT molecular complexity index is 1390. The predicted octanol–water partition coefficient (Wildman–Crippen LogP) is 4.22. The highest BCUT2D eigenvalue weighted by Gasteiger charge is 2.15. The smallest absolute Gasteiger partial charge is 0.300 e. The van der Waals surface area contributed by atoms with Crippen LogP contribution >= 0.6 is 0 Å². The molecule has 174 valence electrons. The van der Waals surface area contributed by atoms with Crippen molar-refractivity contribution in [1.82, 2.24) is 24.4 Å². The summed E-state index contributed by atoms with van der Waals surface area (Å²) in [5.74, 6) is 3.76. The second-order valence-electron chi connectivity index (χ2n) is 6.90. The topological polar surface area (TPSA) is 98.4 Å². The van der Waals surface area contributed by atoms with E-state index in [2.05, 4.69) is 37.7 Å². The van der Waals surface area contributed by atoms with Gasteiger partial charge in [-0.25, -0.2) is 17.7 Å². The van der Waals surface area contributed by atoms with E-state index in [1.54, 1.807) is 18.3 Å². The van der Waals surface area contributed by atoms with Gasteiger partial charge in [-0.05, 0) is 30.2 Å². The summed E-state index contributed by atoms with van der Waals surface area (Å²) in [6.07, 6.45) is 2.33. The zero-order valence-electron chi connectivity index (χ0n) is 17.8. The zero-order valence-corrected chi connectivity index (χ0v) is 17.8. The van der Waals surface area contributed by atoms with E-state index in [-0.39, 0.29) is 23.3 Å². The number of benzene rings is 1. The first-order valence-corrected chi connectivity index (χ1v) is 10.1. The standard InChI is InChI=1S/C22H18F3N7O2/c1-2-3-6-20(33)27-14-7-8-16(23)18(10-14)34-21-17-5-4-9-32(17)30-22(29-21)28-15-11-26-31(12-15)13-19(24)25/h4-5,7-12,19H,2,13H2,1H3,(H,27,33)(H,28,30). The Morgan fingerprint density at radius 1 is 1.26 bits per heavy atom. The lowest BCUT2D eigenvalue weighted by atomic mass is 10.3. The molecule has 0 radical (unpaired) electrons. The van der Waals surface area contributed by atoms with Crippen LogP contribution in [0.3, 0.4) is 0 Å². The quantitative estimate of drug-likeness (QED) is 0.394. The molecule has 3 heterocycles. The van der Waals surface area contributed by atoms with E-state index >= 15 is 0 Å². The molecule has 9 nitrogen and oxygen atoms in total. The summed E-state index contributed by atoms with van der Waals surface area (Å²) in [6.45, 7) is 1.26. The van der Waals surface area contributed by atoms with Crippen LogP contribution in [0.15, 0.2) is 48.9 Å². The van der Waals surface area contributed by atoms with Crippen molar-refractivity contribution in [3.05, 3.63) is 54.7 Å². The van der Waals surface area contributed by atoms with Gasteiger partial charge in [0.15, 0.2) is 11.6 Å². The fraction of sp³-hybridized carbons (Fsp3) is 0.182. The summed E-state index contributed by atoms with van der Waals surface area (Å²) in [5, 5.41) is 13.5. The average Bonchev–Trinajstić information content (AvgIpc) is 3.43. The van der Waals surface area contributed by atoms with Crippen molar-refractivity contribution in [3.63, 3.8) is 0 Å². The molecule has 4 rings (SSSR count). The molecule has 4 aromatic rings. The van der Waals surface area contributed by atoms with Crippen LogP contribution in [0.2, 0.25) is 0 Å². The van der Waals surface area contributed by atoms with Gasteiger partial charge in [-0.2, -0.15) is 10.1 Å². The summed E-state index contributed by atoms with van der Waals surface area (Å²) in [5.41, 5.74) is 1.11. The van der Waals surface area contributed by atoms with Crippen LogP contribution in [0.5, 0.6) is 11.6 Å². The highest BCUT2D eigenvalue weighted by Crippen LogP contribution is 2.30. The predicted molar refractivity (Wildman–Crippen MR) is 118 cm³/mol. The highest BCUT2D eigenvalue weighted by atomic mass is 19.3. The lowest BCUT2D eigenvalue weighted by Crippen LogP contribution is -2.09. The number of fused-ring (bicyclic) bond motifs is 1. The van der Waals surface area contributed by atoms with Gasteiger partial charge in [0.25, 0.3) is 12.3 Å².